The summed E-state index contributed by atoms with van der Waals surface area (Å²) in [7, 11) is 2.78. The number of fused-ring (bicyclic) bond motifs is 1. The Morgan fingerprint density at radius 1 is 1.19 bits per heavy atom. The van der Waals surface area contributed by atoms with Crippen molar-refractivity contribution in [1.82, 2.24) is 14.1 Å². The molecule has 0 aliphatic carbocycles. The summed E-state index contributed by atoms with van der Waals surface area (Å²) in [6, 6.07) is 1.12. The van der Waals surface area contributed by atoms with Crippen molar-refractivity contribution in [3.63, 3.8) is 0 Å². The molecule has 0 atom stereocenters. The van der Waals surface area contributed by atoms with Crippen LogP contribution in [-0.4, -0.2) is 14.1 Å². The van der Waals surface area contributed by atoms with E-state index in [2.05, 4.69) is 4.98 Å². The molecule has 0 amide bonds. The molecule has 84 valence electrons. The average molecular weight is 222 g/mol. The van der Waals surface area contributed by atoms with Gasteiger partial charge in [0.15, 0.2) is 5.43 Å². The number of aromatic amines is 1. The molecule has 0 spiro atoms. The van der Waals surface area contributed by atoms with Crippen molar-refractivity contribution in [3.8, 4) is 0 Å². The number of pyridine rings is 1. The van der Waals surface area contributed by atoms with E-state index in [0.29, 0.717) is 0 Å². The maximum absolute atomic E-state index is 11.7. The lowest BCUT2D eigenvalue weighted by Crippen LogP contribution is -2.39. The molecule has 0 fully saturated rings. The molecular weight excluding hydrogens is 212 g/mol. The smallest absolute Gasteiger partial charge is 0.332 e. The van der Waals surface area contributed by atoms with Gasteiger partial charge in [0.1, 0.15) is 16.9 Å². The molecule has 7 heteroatoms. The fourth-order valence-electron chi connectivity index (χ4n) is 1.60. The highest BCUT2D eigenvalue weighted by atomic mass is 16.2. The van der Waals surface area contributed by atoms with Gasteiger partial charge in [-0.2, -0.15) is 0 Å². The number of hydrogen-bond donors (Lipinski definition) is 2. The van der Waals surface area contributed by atoms with Crippen molar-refractivity contribution in [3.05, 3.63) is 37.1 Å². The molecule has 0 aliphatic rings. The zero-order chi connectivity index (χ0) is 12.0. The van der Waals surface area contributed by atoms with E-state index in [1.54, 1.807) is 0 Å². The largest absolute Gasteiger partial charge is 0.385 e. The fraction of sp³-hybridized carbons (Fsp3) is 0.222. The Hall–Kier alpha value is -2.31. The quantitative estimate of drug-likeness (QED) is 0.566. The van der Waals surface area contributed by atoms with Crippen LogP contribution in [0, 0.1) is 0 Å². The minimum atomic E-state index is -0.626. The first-order valence-electron chi connectivity index (χ1n) is 4.52. The molecule has 0 aliphatic heterocycles. The van der Waals surface area contributed by atoms with Gasteiger partial charge in [-0.15, -0.1) is 0 Å². The number of aryl methyl sites for hydroxylation is 1. The minimum absolute atomic E-state index is 0.0706. The van der Waals surface area contributed by atoms with E-state index in [0.717, 1.165) is 10.6 Å². The van der Waals surface area contributed by atoms with E-state index in [1.807, 2.05) is 0 Å². The summed E-state index contributed by atoms with van der Waals surface area (Å²) in [5.74, 6) is 0.112. The third-order valence-electron chi connectivity index (χ3n) is 2.46. The Morgan fingerprint density at radius 2 is 1.81 bits per heavy atom. The Kier molecular flexibility index (Phi) is 1.97. The summed E-state index contributed by atoms with van der Waals surface area (Å²) in [4.78, 5) is 37.6. The summed E-state index contributed by atoms with van der Waals surface area (Å²) >= 11 is 0. The number of anilines is 1. The average Bonchev–Trinajstić information content (AvgIpc) is 2.22. The number of hydrogen-bond acceptors (Lipinski definition) is 4. The highest BCUT2D eigenvalue weighted by Crippen LogP contribution is 2.01. The Bertz CT molecular complexity index is 750. The van der Waals surface area contributed by atoms with Crippen LogP contribution >= 0.6 is 0 Å². The van der Waals surface area contributed by atoms with E-state index >= 15 is 0 Å². The second-order valence-electron chi connectivity index (χ2n) is 3.52. The van der Waals surface area contributed by atoms with Gasteiger partial charge in [0, 0.05) is 20.2 Å². The molecule has 2 rings (SSSR count). The fourth-order valence-corrected chi connectivity index (χ4v) is 1.60. The predicted octanol–water partition coefficient (Wildman–Crippen LogP) is -1.49. The van der Waals surface area contributed by atoms with Gasteiger partial charge in [0.05, 0.1) is 0 Å². The zero-order valence-electron chi connectivity index (χ0n) is 8.77. The van der Waals surface area contributed by atoms with Gasteiger partial charge in [0.2, 0.25) is 0 Å². The monoisotopic (exact) mass is 222 g/mol. The molecule has 0 radical (unpaired) electrons. The van der Waals surface area contributed by atoms with Gasteiger partial charge in [0.25, 0.3) is 5.56 Å². The van der Waals surface area contributed by atoms with E-state index in [4.69, 9.17) is 5.73 Å². The summed E-state index contributed by atoms with van der Waals surface area (Å²) in [5.41, 5.74) is 3.95. The van der Waals surface area contributed by atoms with Crippen molar-refractivity contribution in [2.45, 2.75) is 0 Å². The lowest BCUT2D eigenvalue weighted by atomic mass is 10.3. The molecule has 0 saturated heterocycles. The number of nitrogen functional groups attached to an aromatic ring is 1. The number of nitrogens with zero attached hydrogens (tertiary/aromatic N) is 2. The Morgan fingerprint density at radius 3 is 2.44 bits per heavy atom. The number of rotatable bonds is 0. The molecular formula is C9H10N4O3. The molecule has 16 heavy (non-hydrogen) atoms. The number of aromatic nitrogens is 3. The van der Waals surface area contributed by atoms with Crippen LogP contribution in [-0.2, 0) is 14.1 Å². The van der Waals surface area contributed by atoms with E-state index < -0.39 is 16.7 Å². The van der Waals surface area contributed by atoms with Crippen LogP contribution in [0.5, 0.6) is 0 Å². The van der Waals surface area contributed by atoms with Crippen molar-refractivity contribution in [1.29, 1.82) is 0 Å². The second-order valence-corrected chi connectivity index (χ2v) is 3.52. The van der Waals surface area contributed by atoms with Crippen LogP contribution in [0.4, 0.5) is 5.82 Å². The zero-order valence-corrected chi connectivity index (χ0v) is 8.77. The molecule has 0 unspecified atom stereocenters. The van der Waals surface area contributed by atoms with E-state index in [-0.39, 0.29) is 16.9 Å². The van der Waals surface area contributed by atoms with Crippen LogP contribution in [0.15, 0.2) is 20.4 Å². The van der Waals surface area contributed by atoms with Crippen LogP contribution in [0.3, 0.4) is 0 Å². The summed E-state index contributed by atoms with van der Waals surface area (Å²) in [5, 5.41) is -0.0706. The van der Waals surface area contributed by atoms with Gasteiger partial charge in [-0.05, 0) is 0 Å². The number of H-pyrrole nitrogens is 1. The SMILES string of the molecule is Cn1c(=O)c2c(=O)cc(N)[nH]c2n(C)c1=O. The maximum Gasteiger partial charge on any atom is 0.332 e. The van der Waals surface area contributed by atoms with Crippen LogP contribution in [0.2, 0.25) is 0 Å². The first-order valence-corrected chi connectivity index (χ1v) is 4.52. The van der Waals surface area contributed by atoms with Crippen molar-refractivity contribution in [2.75, 3.05) is 5.73 Å². The third-order valence-corrected chi connectivity index (χ3v) is 2.46. The van der Waals surface area contributed by atoms with Crippen LogP contribution < -0.4 is 22.4 Å². The van der Waals surface area contributed by atoms with Gasteiger partial charge in [-0.3, -0.25) is 18.7 Å². The van der Waals surface area contributed by atoms with E-state index in [9.17, 15) is 14.4 Å². The Balaban J connectivity index is 3.29. The van der Waals surface area contributed by atoms with Crippen molar-refractivity contribution in [2.24, 2.45) is 14.1 Å². The predicted molar refractivity (Wildman–Crippen MR) is 59.5 cm³/mol. The first-order chi connectivity index (χ1) is 7.43. The molecule has 0 aromatic carbocycles. The Labute approximate surface area is 88.7 Å². The lowest BCUT2D eigenvalue weighted by molar-refractivity contribution is 0.707. The first kappa shape index (κ1) is 10.2. The molecule has 3 N–H and O–H groups in total. The normalized spacial score (nSPS) is 10.9. The van der Waals surface area contributed by atoms with Gasteiger partial charge in [-0.25, -0.2) is 4.79 Å². The lowest BCUT2D eigenvalue weighted by Gasteiger charge is -2.06. The molecule has 2 aromatic rings. The molecule has 2 heterocycles. The third kappa shape index (κ3) is 1.18. The van der Waals surface area contributed by atoms with Crippen LogP contribution in [0.25, 0.3) is 11.0 Å². The van der Waals surface area contributed by atoms with Crippen LogP contribution in [0.1, 0.15) is 0 Å². The van der Waals surface area contributed by atoms with E-state index in [1.165, 1.54) is 18.7 Å². The highest BCUT2D eigenvalue weighted by molar-refractivity contribution is 5.75. The molecule has 2 aromatic heterocycles. The van der Waals surface area contributed by atoms with Crippen molar-refractivity contribution >= 4 is 16.9 Å². The molecule has 7 nitrogen and oxygen atoms in total. The number of nitrogens with two attached hydrogens (primary N) is 1. The van der Waals surface area contributed by atoms with Gasteiger partial charge >= 0.3 is 5.69 Å². The van der Waals surface area contributed by atoms with Gasteiger partial charge < -0.3 is 10.7 Å². The van der Waals surface area contributed by atoms with Gasteiger partial charge in [-0.1, -0.05) is 0 Å². The van der Waals surface area contributed by atoms with Crippen molar-refractivity contribution < 1.29 is 0 Å². The number of nitrogens with one attached hydrogen (secondary N) is 1. The topological polar surface area (TPSA) is 103 Å². The summed E-state index contributed by atoms with van der Waals surface area (Å²) < 4.78 is 2.06. The summed E-state index contributed by atoms with van der Waals surface area (Å²) in [6.07, 6.45) is 0. The minimum Gasteiger partial charge on any atom is -0.385 e. The summed E-state index contributed by atoms with van der Waals surface area (Å²) in [6.45, 7) is 0. The second kappa shape index (κ2) is 3.09. The molecule has 0 saturated carbocycles. The highest BCUT2D eigenvalue weighted by Gasteiger charge is 2.11. The standard InChI is InChI=1S/C9H10N4O3/c1-12-7-6(4(14)3-5(10)11-7)8(15)13(2)9(12)16/h3H,1-2H3,(H3,10,11,14). The maximum atomic E-state index is 11.7. The molecule has 0 bridgehead atoms.